The van der Waals surface area contributed by atoms with E-state index in [0.717, 1.165) is 26.9 Å². The van der Waals surface area contributed by atoms with Gasteiger partial charge in [0.15, 0.2) is 0 Å². The van der Waals surface area contributed by atoms with Crippen molar-refractivity contribution in [1.82, 2.24) is 10.6 Å². The molecule has 1 heterocycles. The highest BCUT2D eigenvalue weighted by molar-refractivity contribution is 9.10. The van der Waals surface area contributed by atoms with Gasteiger partial charge in [0.05, 0.1) is 11.6 Å². The van der Waals surface area contributed by atoms with Crippen LogP contribution in [0.4, 0.5) is 10.5 Å². The zero-order chi connectivity index (χ0) is 18.8. The molecule has 2 aromatic rings. The summed E-state index contributed by atoms with van der Waals surface area (Å²) in [6.45, 7) is 5.76. The Balaban J connectivity index is 1.95. The van der Waals surface area contributed by atoms with E-state index in [9.17, 15) is 9.59 Å². The first kappa shape index (κ1) is 18.2. The quantitative estimate of drug-likeness (QED) is 0.700. The van der Waals surface area contributed by atoms with Crippen molar-refractivity contribution in [3.8, 4) is 0 Å². The van der Waals surface area contributed by atoms with E-state index in [1.807, 2.05) is 56.3 Å². The van der Waals surface area contributed by atoms with Gasteiger partial charge < -0.3 is 16.0 Å². The number of amides is 3. The van der Waals surface area contributed by atoms with Crippen LogP contribution in [-0.4, -0.2) is 11.9 Å². The second kappa shape index (κ2) is 7.33. The van der Waals surface area contributed by atoms with Gasteiger partial charge in [-0.05, 0) is 61.7 Å². The van der Waals surface area contributed by atoms with Crippen LogP contribution in [0.1, 0.15) is 29.7 Å². The third-order valence-electron chi connectivity index (χ3n) is 4.46. The van der Waals surface area contributed by atoms with E-state index in [1.165, 1.54) is 0 Å². The fourth-order valence-corrected chi connectivity index (χ4v) is 3.37. The molecular formula is C20H20BrN3O2. The van der Waals surface area contributed by atoms with Gasteiger partial charge in [-0.3, -0.25) is 4.79 Å². The van der Waals surface area contributed by atoms with Gasteiger partial charge in [-0.15, -0.1) is 0 Å². The molecule has 0 fully saturated rings. The molecule has 0 radical (unpaired) electrons. The number of allylic oxidation sites excluding steroid dienone is 1. The van der Waals surface area contributed by atoms with E-state index >= 15 is 0 Å². The monoisotopic (exact) mass is 413 g/mol. The standard InChI is InChI=1S/C20H20BrN3O2/c1-11-7-8-16(9-12(11)2)23-19(25)17-13(3)22-20(26)24-18(17)14-5-4-6-15(21)10-14/h4-10,18H,1-3H3,(H,23,25)(H2,22,24,26). The summed E-state index contributed by atoms with van der Waals surface area (Å²) in [6.07, 6.45) is 0. The van der Waals surface area contributed by atoms with Gasteiger partial charge in [-0.1, -0.05) is 34.1 Å². The molecule has 2 aromatic carbocycles. The second-order valence-electron chi connectivity index (χ2n) is 6.38. The molecule has 1 aliphatic heterocycles. The third kappa shape index (κ3) is 3.80. The van der Waals surface area contributed by atoms with Crippen molar-refractivity contribution < 1.29 is 9.59 Å². The van der Waals surface area contributed by atoms with E-state index < -0.39 is 6.04 Å². The Bertz CT molecular complexity index is 921. The first-order chi connectivity index (χ1) is 12.3. The Morgan fingerprint density at radius 3 is 2.54 bits per heavy atom. The molecule has 6 heteroatoms. The molecule has 134 valence electrons. The van der Waals surface area contributed by atoms with Crippen LogP contribution in [0.2, 0.25) is 0 Å². The highest BCUT2D eigenvalue weighted by atomic mass is 79.9. The largest absolute Gasteiger partial charge is 0.327 e. The number of benzene rings is 2. The molecule has 3 rings (SSSR count). The highest BCUT2D eigenvalue weighted by Crippen LogP contribution is 2.29. The number of urea groups is 1. The molecule has 0 bridgehead atoms. The fraction of sp³-hybridized carbons (Fsp3) is 0.200. The van der Waals surface area contributed by atoms with Crippen LogP contribution in [0.15, 0.2) is 58.2 Å². The van der Waals surface area contributed by atoms with Crippen LogP contribution in [0.3, 0.4) is 0 Å². The van der Waals surface area contributed by atoms with Crippen molar-refractivity contribution >= 4 is 33.6 Å². The van der Waals surface area contributed by atoms with E-state index in [-0.39, 0.29) is 11.9 Å². The summed E-state index contributed by atoms with van der Waals surface area (Å²) in [5, 5.41) is 8.47. The van der Waals surface area contributed by atoms with Crippen molar-refractivity contribution in [2.24, 2.45) is 0 Å². The van der Waals surface area contributed by atoms with Crippen molar-refractivity contribution in [3.63, 3.8) is 0 Å². The summed E-state index contributed by atoms with van der Waals surface area (Å²) in [6, 6.07) is 12.5. The number of halogens is 1. The normalized spacial score (nSPS) is 16.8. The van der Waals surface area contributed by atoms with Crippen molar-refractivity contribution in [2.45, 2.75) is 26.8 Å². The number of anilines is 1. The molecule has 3 amide bonds. The maximum atomic E-state index is 13.0. The van der Waals surface area contributed by atoms with Crippen LogP contribution in [0.25, 0.3) is 0 Å². The predicted molar refractivity (Wildman–Crippen MR) is 106 cm³/mol. The molecule has 0 aliphatic carbocycles. The number of hydrogen-bond acceptors (Lipinski definition) is 2. The zero-order valence-electron chi connectivity index (χ0n) is 14.8. The molecule has 0 aromatic heterocycles. The van der Waals surface area contributed by atoms with Crippen LogP contribution in [-0.2, 0) is 4.79 Å². The second-order valence-corrected chi connectivity index (χ2v) is 7.29. The number of hydrogen-bond donors (Lipinski definition) is 3. The minimum absolute atomic E-state index is 0.247. The molecule has 26 heavy (non-hydrogen) atoms. The lowest BCUT2D eigenvalue weighted by Gasteiger charge is -2.28. The topological polar surface area (TPSA) is 70.2 Å². The number of nitrogens with one attached hydrogen (secondary N) is 3. The zero-order valence-corrected chi connectivity index (χ0v) is 16.4. The smallest absolute Gasteiger partial charge is 0.319 e. The number of rotatable bonds is 3. The average Bonchev–Trinajstić information content (AvgIpc) is 2.57. The van der Waals surface area contributed by atoms with E-state index in [4.69, 9.17) is 0 Å². The third-order valence-corrected chi connectivity index (χ3v) is 4.95. The van der Waals surface area contributed by atoms with E-state index in [2.05, 4.69) is 31.9 Å². The average molecular weight is 414 g/mol. The number of carbonyl (C=O) groups is 2. The first-order valence-electron chi connectivity index (χ1n) is 8.27. The lowest BCUT2D eigenvalue weighted by Crippen LogP contribution is -2.45. The Morgan fingerprint density at radius 1 is 1.08 bits per heavy atom. The Kier molecular flexibility index (Phi) is 5.13. The summed E-state index contributed by atoms with van der Waals surface area (Å²) < 4.78 is 0.884. The van der Waals surface area contributed by atoms with Crippen molar-refractivity contribution in [3.05, 3.63) is 74.9 Å². The van der Waals surface area contributed by atoms with Crippen LogP contribution < -0.4 is 16.0 Å². The molecule has 1 aliphatic rings. The van der Waals surface area contributed by atoms with Gasteiger partial charge in [0.25, 0.3) is 5.91 Å². The predicted octanol–water partition coefficient (Wildman–Crippen LogP) is 4.33. The fourth-order valence-electron chi connectivity index (χ4n) is 2.95. The molecule has 0 saturated carbocycles. The van der Waals surface area contributed by atoms with Crippen LogP contribution in [0, 0.1) is 13.8 Å². The van der Waals surface area contributed by atoms with Gasteiger partial charge in [-0.2, -0.15) is 0 Å². The number of aryl methyl sites for hydroxylation is 2. The summed E-state index contributed by atoms with van der Waals surface area (Å²) in [4.78, 5) is 24.9. The lowest BCUT2D eigenvalue weighted by atomic mass is 9.95. The molecule has 5 nitrogen and oxygen atoms in total. The van der Waals surface area contributed by atoms with Crippen molar-refractivity contribution in [1.29, 1.82) is 0 Å². The van der Waals surface area contributed by atoms with Crippen LogP contribution in [0.5, 0.6) is 0 Å². The summed E-state index contributed by atoms with van der Waals surface area (Å²) in [5.74, 6) is -0.247. The Morgan fingerprint density at radius 2 is 1.85 bits per heavy atom. The van der Waals surface area contributed by atoms with E-state index in [1.54, 1.807) is 6.92 Å². The van der Waals surface area contributed by atoms with Gasteiger partial charge in [0.1, 0.15) is 0 Å². The molecule has 3 N–H and O–H groups in total. The molecular weight excluding hydrogens is 394 g/mol. The minimum atomic E-state index is -0.521. The number of carbonyl (C=O) groups excluding carboxylic acids is 2. The summed E-state index contributed by atoms with van der Waals surface area (Å²) in [7, 11) is 0. The SMILES string of the molecule is CC1=C(C(=O)Nc2ccc(C)c(C)c2)C(c2cccc(Br)c2)NC(=O)N1. The maximum Gasteiger partial charge on any atom is 0.319 e. The van der Waals surface area contributed by atoms with Crippen LogP contribution >= 0.6 is 15.9 Å². The Labute approximate surface area is 161 Å². The van der Waals surface area contributed by atoms with Gasteiger partial charge >= 0.3 is 6.03 Å². The van der Waals surface area contributed by atoms with Crippen molar-refractivity contribution in [2.75, 3.05) is 5.32 Å². The van der Waals surface area contributed by atoms with Gasteiger partial charge in [-0.25, -0.2) is 4.79 Å². The van der Waals surface area contributed by atoms with Gasteiger partial charge in [0, 0.05) is 15.9 Å². The van der Waals surface area contributed by atoms with E-state index in [0.29, 0.717) is 11.3 Å². The molecule has 1 atom stereocenters. The molecule has 1 unspecified atom stereocenters. The summed E-state index contributed by atoms with van der Waals surface area (Å²) in [5.41, 5.74) is 4.85. The van der Waals surface area contributed by atoms with Gasteiger partial charge in [0.2, 0.25) is 0 Å². The summed E-state index contributed by atoms with van der Waals surface area (Å²) >= 11 is 3.44. The Hall–Kier alpha value is -2.60. The first-order valence-corrected chi connectivity index (χ1v) is 9.07. The lowest BCUT2D eigenvalue weighted by molar-refractivity contribution is -0.113. The maximum absolute atomic E-state index is 13.0. The minimum Gasteiger partial charge on any atom is -0.327 e. The molecule has 0 saturated heterocycles. The molecule has 0 spiro atoms. The highest BCUT2D eigenvalue weighted by Gasteiger charge is 2.31.